The molecule has 1 aromatic carbocycles. The molecule has 5 rings (SSSR count). The van der Waals surface area contributed by atoms with Gasteiger partial charge in [0, 0.05) is 39.3 Å². The van der Waals surface area contributed by atoms with Crippen molar-refractivity contribution < 1.29 is 4.79 Å². The quantitative estimate of drug-likeness (QED) is 0.611. The molecule has 3 aromatic rings. The molecule has 0 aliphatic carbocycles. The first kappa shape index (κ1) is 21.1. The van der Waals surface area contributed by atoms with E-state index in [1.165, 1.54) is 0 Å². The molecule has 4 heterocycles. The first-order valence-corrected chi connectivity index (χ1v) is 11.1. The van der Waals surface area contributed by atoms with Crippen LogP contribution in [0.15, 0.2) is 34.1 Å². The van der Waals surface area contributed by atoms with Crippen molar-refractivity contribution in [3.8, 4) is 0 Å². The van der Waals surface area contributed by atoms with Crippen LogP contribution in [0.4, 0.5) is 17.2 Å². The summed E-state index contributed by atoms with van der Waals surface area (Å²) >= 11 is 0. The van der Waals surface area contributed by atoms with E-state index in [1.807, 2.05) is 26.0 Å². The number of aromatic nitrogens is 3. The van der Waals surface area contributed by atoms with Crippen molar-refractivity contribution in [2.45, 2.75) is 26.9 Å². The lowest BCUT2D eigenvalue weighted by atomic mass is 10.1. The number of nitrogens with two attached hydrogens (primary N) is 1. The number of nitrogens with zero attached hydrogens (tertiary/aromatic N) is 6. The molecule has 33 heavy (non-hydrogen) atoms. The maximum atomic E-state index is 12.4. The molecule has 2 aromatic heterocycles. The monoisotopic (exact) mass is 446 g/mol. The molecule has 0 saturated carbocycles. The number of aliphatic imine (C=N–C) groups is 1. The van der Waals surface area contributed by atoms with Gasteiger partial charge in [-0.25, -0.2) is 14.8 Å². The van der Waals surface area contributed by atoms with Crippen LogP contribution in [0.3, 0.4) is 0 Å². The Balaban J connectivity index is 1.33. The highest BCUT2D eigenvalue weighted by Gasteiger charge is 2.22. The Morgan fingerprint density at radius 1 is 1.15 bits per heavy atom. The number of anilines is 2. The van der Waals surface area contributed by atoms with Gasteiger partial charge in [-0.15, -0.1) is 0 Å². The summed E-state index contributed by atoms with van der Waals surface area (Å²) in [5.74, 6) is 0.146. The van der Waals surface area contributed by atoms with Crippen LogP contribution in [-0.4, -0.2) is 57.9 Å². The van der Waals surface area contributed by atoms with Crippen LogP contribution in [0.1, 0.15) is 28.7 Å². The van der Waals surface area contributed by atoms with Gasteiger partial charge in [-0.3, -0.25) is 14.3 Å². The summed E-state index contributed by atoms with van der Waals surface area (Å²) in [7, 11) is 0. The molecule has 10 nitrogen and oxygen atoms in total. The van der Waals surface area contributed by atoms with E-state index in [2.05, 4.69) is 36.1 Å². The zero-order valence-corrected chi connectivity index (χ0v) is 18.7. The normalized spacial score (nSPS) is 15.6. The van der Waals surface area contributed by atoms with E-state index >= 15 is 0 Å². The number of rotatable bonds is 5. The Morgan fingerprint density at radius 2 is 1.94 bits per heavy atom. The topological polar surface area (TPSA) is 122 Å². The smallest absolute Gasteiger partial charge is 0.349 e. The highest BCUT2D eigenvalue weighted by Crippen LogP contribution is 2.34. The summed E-state index contributed by atoms with van der Waals surface area (Å²) < 4.78 is 1.59. The molecule has 0 atom stereocenters. The Bertz CT molecular complexity index is 1340. The standard InChI is InChI=1S/C23H26N8O2/c1-3-31-22-20-17(25-13-26-22)10-15(11-18(20)28-23(31)33)12-29-6-8-30(9-7-29)19-5-4-16(21(24)32)27-14(19)2/h4-5,10-11,13H,3,6-9,12H2,1-2H3,(H2,24,32)(H,25,26). The molecule has 3 N–H and O–H groups in total. The van der Waals surface area contributed by atoms with Crippen LogP contribution < -0.4 is 21.6 Å². The summed E-state index contributed by atoms with van der Waals surface area (Å²) in [6.07, 6.45) is 1.63. The van der Waals surface area contributed by atoms with Gasteiger partial charge in [0.15, 0.2) is 0 Å². The van der Waals surface area contributed by atoms with E-state index in [4.69, 9.17) is 5.73 Å². The van der Waals surface area contributed by atoms with Gasteiger partial charge in [0.1, 0.15) is 11.5 Å². The number of nitrogens with one attached hydrogen (secondary N) is 1. The minimum absolute atomic E-state index is 0.276. The largest absolute Gasteiger partial charge is 0.368 e. The third kappa shape index (κ3) is 3.82. The van der Waals surface area contributed by atoms with E-state index in [0.717, 1.165) is 60.7 Å². The van der Waals surface area contributed by atoms with Crippen LogP contribution >= 0.6 is 0 Å². The summed E-state index contributed by atoms with van der Waals surface area (Å²) in [6.45, 7) is 8.59. The third-order valence-corrected chi connectivity index (χ3v) is 6.26. The molecular weight excluding hydrogens is 420 g/mol. The number of carbonyl (C=O) groups is 1. The molecule has 0 radical (unpaired) electrons. The fourth-order valence-corrected chi connectivity index (χ4v) is 4.61. The molecule has 1 fully saturated rings. The lowest BCUT2D eigenvalue weighted by Crippen LogP contribution is -2.46. The molecule has 0 bridgehead atoms. The second kappa shape index (κ2) is 8.28. The predicted octanol–water partition coefficient (Wildman–Crippen LogP) is 1.63. The molecule has 2 aliphatic rings. The van der Waals surface area contributed by atoms with Crippen LogP contribution in [0.2, 0.25) is 0 Å². The first-order valence-electron chi connectivity index (χ1n) is 11.1. The van der Waals surface area contributed by atoms with Gasteiger partial charge in [-0.05, 0) is 43.7 Å². The minimum Gasteiger partial charge on any atom is -0.368 e. The Morgan fingerprint density at radius 3 is 2.64 bits per heavy atom. The molecule has 170 valence electrons. The maximum absolute atomic E-state index is 12.4. The van der Waals surface area contributed by atoms with Crippen LogP contribution in [-0.2, 0) is 13.1 Å². The number of hydrogen-bond acceptors (Lipinski definition) is 8. The summed E-state index contributed by atoms with van der Waals surface area (Å²) in [5, 5.41) is 4.09. The third-order valence-electron chi connectivity index (χ3n) is 6.26. The number of primary amides is 1. The van der Waals surface area contributed by atoms with Crippen LogP contribution in [0.25, 0.3) is 10.9 Å². The number of aryl methyl sites for hydroxylation is 1. The predicted molar refractivity (Wildman–Crippen MR) is 128 cm³/mol. The summed E-state index contributed by atoms with van der Waals surface area (Å²) in [6, 6.07) is 7.72. The average molecular weight is 447 g/mol. The van der Waals surface area contributed by atoms with Crippen LogP contribution in [0.5, 0.6) is 0 Å². The number of carbonyl (C=O) groups excluding carboxylic acids is 1. The number of amides is 1. The van der Waals surface area contributed by atoms with Gasteiger partial charge in [-0.2, -0.15) is 4.98 Å². The lowest BCUT2D eigenvalue weighted by Gasteiger charge is -2.36. The van der Waals surface area contributed by atoms with Crippen LogP contribution in [0, 0.1) is 6.92 Å². The molecule has 0 unspecified atom stereocenters. The van der Waals surface area contributed by atoms with Crippen molar-refractivity contribution in [3.05, 3.63) is 51.7 Å². The zero-order valence-electron chi connectivity index (χ0n) is 18.7. The van der Waals surface area contributed by atoms with Gasteiger partial charge in [0.05, 0.1) is 34.3 Å². The van der Waals surface area contributed by atoms with Crippen molar-refractivity contribution in [3.63, 3.8) is 0 Å². The van der Waals surface area contributed by atoms with E-state index in [1.54, 1.807) is 17.0 Å². The Labute approximate surface area is 190 Å². The van der Waals surface area contributed by atoms with Gasteiger partial charge < -0.3 is 16.0 Å². The van der Waals surface area contributed by atoms with Crippen molar-refractivity contribution in [2.75, 3.05) is 36.4 Å². The molecule has 1 amide bonds. The van der Waals surface area contributed by atoms with Crippen molar-refractivity contribution in [1.29, 1.82) is 0 Å². The SMILES string of the molecule is CCn1c2c3c(cc(CN4CCN(c5ccc(C(N)=O)nc5C)CC4)cc3nc1=O)NC=N2. The number of hydrogen-bond donors (Lipinski definition) is 2. The second-order valence-corrected chi connectivity index (χ2v) is 8.33. The average Bonchev–Trinajstić information content (AvgIpc) is 2.80. The second-order valence-electron chi connectivity index (χ2n) is 8.33. The molecule has 0 spiro atoms. The van der Waals surface area contributed by atoms with E-state index in [9.17, 15) is 9.59 Å². The number of pyridine rings is 1. The summed E-state index contributed by atoms with van der Waals surface area (Å²) in [4.78, 5) is 41.5. The van der Waals surface area contributed by atoms with Gasteiger partial charge in [0.25, 0.3) is 5.91 Å². The molecule has 1 saturated heterocycles. The maximum Gasteiger partial charge on any atom is 0.349 e. The number of benzene rings is 1. The van der Waals surface area contributed by atoms with E-state index in [0.29, 0.717) is 17.9 Å². The highest BCUT2D eigenvalue weighted by atomic mass is 16.1. The van der Waals surface area contributed by atoms with Crippen molar-refractivity contribution >= 4 is 40.3 Å². The van der Waals surface area contributed by atoms with Crippen molar-refractivity contribution in [2.24, 2.45) is 10.7 Å². The van der Waals surface area contributed by atoms with E-state index in [-0.39, 0.29) is 11.4 Å². The Kier molecular flexibility index (Phi) is 5.29. The number of piperazine rings is 1. The van der Waals surface area contributed by atoms with Gasteiger partial charge in [0.2, 0.25) is 0 Å². The lowest BCUT2D eigenvalue weighted by molar-refractivity contribution is 0.0995. The van der Waals surface area contributed by atoms with Gasteiger partial charge >= 0.3 is 5.69 Å². The fourth-order valence-electron chi connectivity index (χ4n) is 4.61. The zero-order chi connectivity index (χ0) is 23.1. The highest BCUT2D eigenvalue weighted by molar-refractivity contribution is 6.06. The summed E-state index contributed by atoms with van der Waals surface area (Å²) in [5.41, 5.74) is 9.89. The Hall–Kier alpha value is -3.79. The molecule has 2 aliphatic heterocycles. The van der Waals surface area contributed by atoms with Gasteiger partial charge in [-0.1, -0.05) is 0 Å². The van der Waals surface area contributed by atoms with Crippen molar-refractivity contribution in [1.82, 2.24) is 19.4 Å². The molecule has 10 heteroatoms. The van der Waals surface area contributed by atoms with E-state index < -0.39 is 5.91 Å². The fraction of sp³-hybridized carbons (Fsp3) is 0.348. The first-order chi connectivity index (χ1) is 15.9. The minimum atomic E-state index is -0.514. The molecular formula is C23H26N8O2.